The van der Waals surface area contributed by atoms with Gasteiger partial charge >= 0.3 is 6.03 Å². The second-order valence-electron chi connectivity index (χ2n) is 5.55. The Hall–Kier alpha value is -1.50. The van der Waals surface area contributed by atoms with Gasteiger partial charge in [-0.2, -0.15) is 0 Å². The van der Waals surface area contributed by atoms with Gasteiger partial charge in [-0.25, -0.2) is 4.79 Å². The molecule has 1 N–H and O–H groups in total. The third kappa shape index (κ3) is 4.99. The van der Waals surface area contributed by atoms with Crippen molar-refractivity contribution in [2.45, 2.75) is 26.1 Å². The summed E-state index contributed by atoms with van der Waals surface area (Å²) >= 11 is 6.17. The number of nitrogens with one attached hydrogen (secondary N) is 1. The Bertz CT molecular complexity index is 531. The van der Waals surface area contributed by atoms with Crippen molar-refractivity contribution < 1.29 is 19.0 Å². The molecule has 0 aliphatic carbocycles. The number of amides is 2. The van der Waals surface area contributed by atoms with Gasteiger partial charge in [-0.3, -0.25) is 0 Å². The van der Waals surface area contributed by atoms with Gasteiger partial charge in [0.25, 0.3) is 0 Å². The van der Waals surface area contributed by atoms with Gasteiger partial charge < -0.3 is 24.4 Å². The molecule has 1 aliphatic rings. The number of para-hydroxylation sites is 1. The van der Waals surface area contributed by atoms with E-state index in [2.05, 4.69) is 5.32 Å². The van der Waals surface area contributed by atoms with Crippen molar-refractivity contribution in [3.63, 3.8) is 0 Å². The fourth-order valence-corrected chi connectivity index (χ4v) is 2.75. The highest BCUT2D eigenvalue weighted by Gasteiger charge is 2.26. The number of morpholine rings is 1. The van der Waals surface area contributed by atoms with Crippen LogP contribution in [0, 0.1) is 0 Å². The second kappa shape index (κ2) is 8.38. The van der Waals surface area contributed by atoms with Crippen LogP contribution >= 0.6 is 11.6 Å². The Labute approximate surface area is 141 Å². The van der Waals surface area contributed by atoms with E-state index in [4.69, 9.17) is 25.8 Å². The average Bonchev–Trinajstić information content (AvgIpc) is 2.49. The molecule has 0 unspecified atom stereocenters. The zero-order valence-electron chi connectivity index (χ0n) is 13.7. The summed E-state index contributed by atoms with van der Waals surface area (Å²) in [5.74, 6) is 0.453. The highest BCUT2D eigenvalue weighted by Crippen LogP contribution is 2.33. The van der Waals surface area contributed by atoms with Gasteiger partial charge in [0.05, 0.1) is 29.5 Å². The lowest BCUT2D eigenvalue weighted by Gasteiger charge is -2.35. The molecule has 2 amide bonds. The lowest BCUT2D eigenvalue weighted by atomic mass is 10.2. The maximum absolute atomic E-state index is 12.5. The van der Waals surface area contributed by atoms with Crippen LogP contribution in [0.2, 0.25) is 5.02 Å². The Morgan fingerprint density at radius 3 is 2.70 bits per heavy atom. The summed E-state index contributed by atoms with van der Waals surface area (Å²) in [4.78, 5) is 14.2. The molecule has 0 bridgehead atoms. The van der Waals surface area contributed by atoms with Crippen molar-refractivity contribution in [1.82, 2.24) is 4.90 Å². The molecule has 1 heterocycles. The minimum absolute atomic E-state index is 0.0151. The molecule has 1 aliphatic heterocycles. The number of ether oxygens (including phenoxy) is 3. The highest BCUT2D eigenvalue weighted by atomic mass is 35.5. The molecule has 1 aromatic carbocycles. The van der Waals surface area contributed by atoms with E-state index >= 15 is 0 Å². The van der Waals surface area contributed by atoms with E-state index in [1.165, 1.54) is 0 Å². The van der Waals surface area contributed by atoms with Gasteiger partial charge in [-0.15, -0.1) is 0 Å². The molecule has 0 aromatic heterocycles. The highest BCUT2D eigenvalue weighted by molar-refractivity contribution is 6.32. The van der Waals surface area contributed by atoms with E-state index in [0.29, 0.717) is 42.8 Å². The molecule has 2 rings (SSSR count). The van der Waals surface area contributed by atoms with Crippen LogP contribution in [0.3, 0.4) is 0 Å². The van der Waals surface area contributed by atoms with E-state index in [0.717, 1.165) is 0 Å². The second-order valence-corrected chi connectivity index (χ2v) is 5.96. The summed E-state index contributed by atoms with van der Waals surface area (Å²) in [6.45, 7) is 5.81. The Morgan fingerprint density at radius 1 is 1.35 bits per heavy atom. The lowest BCUT2D eigenvalue weighted by molar-refractivity contribution is -0.0530. The van der Waals surface area contributed by atoms with Crippen LogP contribution in [0.1, 0.15) is 13.8 Å². The van der Waals surface area contributed by atoms with Gasteiger partial charge in [0, 0.05) is 20.2 Å². The minimum atomic E-state index is -0.189. The number of carbonyl (C=O) groups is 1. The average molecular weight is 343 g/mol. The van der Waals surface area contributed by atoms with Gasteiger partial charge in [-0.05, 0) is 26.0 Å². The predicted octanol–water partition coefficient (Wildman–Crippen LogP) is 3.01. The van der Waals surface area contributed by atoms with E-state index in [1.807, 2.05) is 13.8 Å². The number of nitrogens with zero attached hydrogens (tertiary/aromatic N) is 1. The zero-order valence-corrected chi connectivity index (χ0v) is 14.4. The molecule has 0 saturated carbocycles. The summed E-state index contributed by atoms with van der Waals surface area (Å²) in [6.07, 6.45) is 0.0302. The molecule has 1 saturated heterocycles. The summed E-state index contributed by atoms with van der Waals surface area (Å²) in [7, 11) is 1.60. The van der Waals surface area contributed by atoms with Crippen LogP contribution < -0.4 is 10.1 Å². The fourth-order valence-electron chi connectivity index (χ4n) is 2.52. The monoisotopic (exact) mass is 342 g/mol. The number of halogens is 1. The van der Waals surface area contributed by atoms with Crippen molar-refractivity contribution in [3.8, 4) is 5.75 Å². The summed E-state index contributed by atoms with van der Waals surface area (Å²) < 4.78 is 16.2. The number of hydrogen-bond donors (Lipinski definition) is 1. The van der Waals surface area contributed by atoms with Crippen LogP contribution in [0.5, 0.6) is 5.75 Å². The molecule has 6 nitrogen and oxygen atoms in total. The Balaban J connectivity index is 2.06. The van der Waals surface area contributed by atoms with Crippen LogP contribution in [0.15, 0.2) is 18.2 Å². The molecule has 128 valence electrons. The number of anilines is 1. The smallest absolute Gasteiger partial charge is 0.322 e. The molecule has 2 atom stereocenters. The largest absolute Gasteiger partial charge is 0.487 e. The number of methoxy groups -OCH3 is 1. The van der Waals surface area contributed by atoms with Crippen LogP contribution in [0.25, 0.3) is 0 Å². The quantitative estimate of drug-likeness (QED) is 0.836. The van der Waals surface area contributed by atoms with Crippen molar-refractivity contribution in [2.24, 2.45) is 0 Å². The summed E-state index contributed by atoms with van der Waals surface area (Å²) in [5.41, 5.74) is 0.547. The number of hydrogen-bond acceptors (Lipinski definition) is 4. The van der Waals surface area contributed by atoms with Crippen molar-refractivity contribution >= 4 is 23.3 Å². The Morgan fingerprint density at radius 2 is 2.04 bits per heavy atom. The Kier molecular flexibility index (Phi) is 6.50. The van der Waals surface area contributed by atoms with E-state index < -0.39 is 0 Å². The van der Waals surface area contributed by atoms with E-state index in [-0.39, 0.29) is 18.2 Å². The number of carbonyl (C=O) groups excluding carboxylic acids is 1. The summed E-state index contributed by atoms with van der Waals surface area (Å²) in [6, 6.07) is 5.06. The van der Waals surface area contributed by atoms with Crippen molar-refractivity contribution in [3.05, 3.63) is 23.2 Å². The van der Waals surface area contributed by atoms with Crippen LogP contribution in [-0.2, 0) is 9.47 Å². The van der Waals surface area contributed by atoms with E-state index in [9.17, 15) is 4.79 Å². The molecule has 7 heteroatoms. The molecular formula is C16H23ClN2O4. The molecule has 23 heavy (non-hydrogen) atoms. The van der Waals surface area contributed by atoms with Crippen LogP contribution in [0.4, 0.5) is 10.5 Å². The van der Waals surface area contributed by atoms with Gasteiger partial charge in [0.2, 0.25) is 0 Å². The zero-order chi connectivity index (χ0) is 16.8. The van der Waals surface area contributed by atoms with Gasteiger partial charge in [0.1, 0.15) is 6.61 Å². The maximum atomic E-state index is 12.5. The van der Waals surface area contributed by atoms with Crippen molar-refractivity contribution in [2.75, 3.05) is 38.7 Å². The van der Waals surface area contributed by atoms with Crippen LogP contribution in [-0.4, -0.2) is 56.6 Å². The third-order valence-corrected chi connectivity index (χ3v) is 3.75. The minimum Gasteiger partial charge on any atom is -0.487 e. The lowest BCUT2D eigenvalue weighted by Crippen LogP contribution is -2.49. The predicted molar refractivity (Wildman–Crippen MR) is 89.4 cm³/mol. The molecule has 0 radical (unpaired) electrons. The number of urea groups is 1. The standard InChI is InChI=1S/C16H23ClN2O4/c1-11-9-19(10-12(2)23-11)16(20)18-14-6-4-5-13(17)15(14)22-8-7-21-3/h4-6,11-12H,7-10H2,1-3H3,(H,18,20)/t11-,12+. The summed E-state index contributed by atoms with van der Waals surface area (Å²) in [5, 5.41) is 3.32. The molecule has 1 fully saturated rings. The SMILES string of the molecule is COCCOc1c(Cl)cccc1NC(=O)N1C[C@@H](C)O[C@@H](C)C1. The van der Waals surface area contributed by atoms with Gasteiger partial charge in [0.15, 0.2) is 5.75 Å². The van der Waals surface area contributed by atoms with Crippen molar-refractivity contribution in [1.29, 1.82) is 0 Å². The molecule has 0 spiro atoms. The first-order chi connectivity index (χ1) is 11.0. The number of rotatable bonds is 5. The molecule has 1 aromatic rings. The van der Waals surface area contributed by atoms with Gasteiger partial charge in [-0.1, -0.05) is 17.7 Å². The first-order valence-corrected chi connectivity index (χ1v) is 8.00. The first kappa shape index (κ1) is 17.8. The number of benzene rings is 1. The fraction of sp³-hybridized carbons (Fsp3) is 0.562. The topological polar surface area (TPSA) is 60.0 Å². The van der Waals surface area contributed by atoms with E-state index in [1.54, 1.807) is 30.2 Å². The first-order valence-electron chi connectivity index (χ1n) is 7.63. The third-order valence-electron chi connectivity index (χ3n) is 3.45. The maximum Gasteiger partial charge on any atom is 0.322 e. The molecular weight excluding hydrogens is 320 g/mol. The normalized spacial score (nSPS) is 21.1.